The lowest BCUT2D eigenvalue weighted by Gasteiger charge is -2.03. The van der Waals surface area contributed by atoms with Crippen molar-refractivity contribution in [3.05, 3.63) is 12.2 Å². The summed E-state index contributed by atoms with van der Waals surface area (Å²) >= 11 is 0. The summed E-state index contributed by atoms with van der Waals surface area (Å²) in [5, 5.41) is 0. The third kappa shape index (κ3) is 7.64. The van der Waals surface area contributed by atoms with E-state index in [0.29, 0.717) is 0 Å². The average Bonchev–Trinajstić information content (AvgIpc) is 1.87. The van der Waals surface area contributed by atoms with E-state index in [2.05, 4.69) is 39.8 Å². The summed E-state index contributed by atoms with van der Waals surface area (Å²) in [6.07, 6.45) is 8.53. The van der Waals surface area contributed by atoms with Crippen molar-refractivity contribution in [3.8, 4) is 0 Å². The third-order valence-corrected chi connectivity index (χ3v) is 1.82. The van der Waals surface area contributed by atoms with Crippen LogP contribution in [-0.4, -0.2) is 0 Å². The van der Waals surface area contributed by atoms with Gasteiger partial charge in [0, 0.05) is 0 Å². The van der Waals surface area contributed by atoms with Gasteiger partial charge < -0.3 is 0 Å². The minimum Gasteiger partial charge on any atom is -0.0880 e. The molecule has 0 spiro atoms. The molecule has 1 unspecified atom stereocenters. The predicted octanol–water partition coefficient (Wildman–Crippen LogP) is 4.02. The topological polar surface area (TPSA) is 0 Å². The monoisotopic (exact) mass is 154 g/mol. The molecule has 0 fully saturated rings. The third-order valence-electron chi connectivity index (χ3n) is 1.82. The molecule has 0 aromatic heterocycles. The molecule has 0 aliphatic heterocycles. The Hall–Kier alpha value is -0.260. The first-order chi connectivity index (χ1) is 5.16. The Morgan fingerprint density at radius 3 is 2.27 bits per heavy atom. The van der Waals surface area contributed by atoms with E-state index in [9.17, 15) is 0 Å². The molecule has 1 atom stereocenters. The Morgan fingerprint density at radius 2 is 1.82 bits per heavy atom. The molecule has 66 valence electrons. The van der Waals surface area contributed by atoms with Crippen LogP contribution in [0.4, 0.5) is 0 Å². The van der Waals surface area contributed by atoms with Crippen molar-refractivity contribution in [2.45, 2.75) is 47.0 Å². The predicted molar refractivity (Wildman–Crippen MR) is 52.7 cm³/mol. The van der Waals surface area contributed by atoms with Crippen LogP contribution in [-0.2, 0) is 0 Å². The van der Waals surface area contributed by atoms with Gasteiger partial charge in [0.25, 0.3) is 0 Å². The van der Waals surface area contributed by atoms with Gasteiger partial charge in [0.1, 0.15) is 0 Å². The Kier molecular flexibility index (Phi) is 6.30. The maximum atomic E-state index is 2.35. The largest absolute Gasteiger partial charge is 0.0880 e. The normalized spacial score (nSPS) is 14.6. The molecule has 0 nitrogen and oxygen atoms in total. The summed E-state index contributed by atoms with van der Waals surface area (Å²) in [7, 11) is 0. The van der Waals surface area contributed by atoms with Gasteiger partial charge in [-0.05, 0) is 24.7 Å². The highest BCUT2D eigenvalue weighted by atomic mass is 14.0. The van der Waals surface area contributed by atoms with Gasteiger partial charge in [0.15, 0.2) is 0 Å². The molecule has 0 saturated heterocycles. The van der Waals surface area contributed by atoms with Crippen molar-refractivity contribution in [3.63, 3.8) is 0 Å². The molecule has 0 bridgehead atoms. The van der Waals surface area contributed by atoms with E-state index in [4.69, 9.17) is 0 Å². The summed E-state index contributed by atoms with van der Waals surface area (Å²) in [5.41, 5.74) is 0. The second-order valence-corrected chi connectivity index (χ2v) is 3.82. The number of rotatable bonds is 5. The van der Waals surface area contributed by atoms with Crippen LogP contribution in [0, 0.1) is 11.8 Å². The van der Waals surface area contributed by atoms with Gasteiger partial charge >= 0.3 is 0 Å². The summed E-state index contributed by atoms with van der Waals surface area (Å²) in [5.74, 6) is 1.58. The van der Waals surface area contributed by atoms with Crippen molar-refractivity contribution in [1.82, 2.24) is 0 Å². The zero-order chi connectivity index (χ0) is 8.69. The Labute approximate surface area is 71.7 Å². The highest BCUT2D eigenvalue weighted by Crippen LogP contribution is 2.08. The molecule has 0 saturated carbocycles. The molecule has 0 radical (unpaired) electrons. The van der Waals surface area contributed by atoms with Crippen molar-refractivity contribution in [1.29, 1.82) is 0 Å². The van der Waals surface area contributed by atoms with Gasteiger partial charge in [-0.1, -0.05) is 46.3 Å². The van der Waals surface area contributed by atoms with Gasteiger partial charge in [-0.3, -0.25) is 0 Å². The Morgan fingerprint density at radius 1 is 1.18 bits per heavy atom. The highest BCUT2D eigenvalue weighted by molar-refractivity contribution is 4.86. The van der Waals surface area contributed by atoms with Gasteiger partial charge in [-0.25, -0.2) is 0 Å². The number of hydrogen-bond donors (Lipinski definition) is 0. The molecule has 0 N–H and O–H groups in total. The Bertz CT molecular complexity index is 101. The molecule has 0 aliphatic carbocycles. The van der Waals surface area contributed by atoms with E-state index in [-0.39, 0.29) is 0 Å². The van der Waals surface area contributed by atoms with Gasteiger partial charge in [-0.2, -0.15) is 0 Å². The maximum absolute atomic E-state index is 2.35. The van der Waals surface area contributed by atoms with E-state index in [1.54, 1.807) is 0 Å². The number of hydrogen-bond acceptors (Lipinski definition) is 0. The van der Waals surface area contributed by atoms with Crippen LogP contribution in [0.3, 0.4) is 0 Å². The Balaban J connectivity index is 3.39. The second-order valence-electron chi connectivity index (χ2n) is 3.82. The van der Waals surface area contributed by atoms with E-state index in [0.717, 1.165) is 11.8 Å². The smallest absolute Gasteiger partial charge is 0.0262 e. The van der Waals surface area contributed by atoms with Crippen LogP contribution in [0.2, 0.25) is 0 Å². The van der Waals surface area contributed by atoms with E-state index >= 15 is 0 Å². The van der Waals surface area contributed by atoms with Crippen LogP contribution >= 0.6 is 0 Å². The fraction of sp³-hybridized carbons (Fsp3) is 0.818. The van der Waals surface area contributed by atoms with Crippen LogP contribution in [0.25, 0.3) is 0 Å². The molecule has 0 aliphatic rings. The first-order valence-corrected chi connectivity index (χ1v) is 4.83. The van der Waals surface area contributed by atoms with Gasteiger partial charge in [-0.15, -0.1) is 0 Å². The van der Waals surface area contributed by atoms with Crippen LogP contribution in [0.1, 0.15) is 47.0 Å². The number of allylic oxidation sites excluding steroid dienone is 2. The van der Waals surface area contributed by atoms with Crippen molar-refractivity contribution < 1.29 is 0 Å². The molecule has 0 aromatic carbocycles. The molecule has 11 heavy (non-hydrogen) atoms. The second kappa shape index (κ2) is 6.45. The van der Waals surface area contributed by atoms with Gasteiger partial charge in [0.2, 0.25) is 0 Å². The summed E-state index contributed by atoms with van der Waals surface area (Å²) in [6, 6.07) is 0. The lowest BCUT2D eigenvalue weighted by molar-refractivity contribution is 0.620. The standard InChI is InChI=1S/C11H22/c1-5-7-11(4)9-6-8-10(2)3/h6,9-11H,5,7-8H2,1-4H3. The van der Waals surface area contributed by atoms with E-state index in [1.807, 2.05) is 0 Å². The zero-order valence-corrected chi connectivity index (χ0v) is 8.43. The van der Waals surface area contributed by atoms with Crippen LogP contribution in [0.15, 0.2) is 12.2 Å². The minimum atomic E-state index is 0.777. The first kappa shape index (κ1) is 10.7. The minimum absolute atomic E-state index is 0.777. The lowest BCUT2D eigenvalue weighted by atomic mass is 10.0. The van der Waals surface area contributed by atoms with Crippen LogP contribution in [0.5, 0.6) is 0 Å². The van der Waals surface area contributed by atoms with Crippen molar-refractivity contribution >= 4 is 0 Å². The first-order valence-electron chi connectivity index (χ1n) is 4.83. The fourth-order valence-corrected chi connectivity index (χ4v) is 1.13. The van der Waals surface area contributed by atoms with Crippen molar-refractivity contribution in [2.75, 3.05) is 0 Å². The molecule has 0 aromatic rings. The van der Waals surface area contributed by atoms with Gasteiger partial charge in [0.05, 0.1) is 0 Å². The fourth-order valence-electron chi connectivity index (χ4n) is 1.13. The molecule has 0 heteroatoms. The maximum Gasteiger partial charge on any atom is -0.0262 e. The molecule has 0 rings (SSSR count). The molecule has 0 heterocycles. The highest BCUT2D eigenvalue weighted by Gasteiger charge is 1.93. The van der Waals surface area contributed by atoms with Crippen molar-refractivity contribution in [2.24, 2.45) is 11.8 Å². The summed E-state index contributed by atoms with van der Waals surface area (Å²) in [6.45, 7) is 9.05. The lowest BCUT2D eigenvalue weighted by Crippen LogP contribution is -1.88. The molecule has 0 amide bonds. The van der Waals surface area contributed by atoms with Crippen LogP contribution < -0.4 is 0 Å². The molecular formula is C11H22. The molecular weight excluding hydrogens is 132 g/mol. The van der Waals surface area contributed by atoms with E-state index in [1.165, 1.54) is 19.3 Å². The van der Waals surface area contributed by atoms with E-state index < -0.39 is 0 Å². The quantitative estimate of drug-likeness (QED) is 0.524. The zero-order valence-electron chi connectivity index (χ0n) is 8.43. The average molecular weight is 154 g/mol. The summed E-state index contributed by atoms with van der Waals surface area (Å²) < 4.78 is 0. The SMILES string of the molecule is CCCC(C)C=CCC(C)C. The summed E-state index contributed by atoms with van der Waals surface area (Å²) in [4.78, 5) is 0.